The van der Waals surface area contributed by atoms with E-state index in [1.165, 1.54) is 17.4 Å². The predicted molar refractivity (Wildman–Crippen MR) is 67.0 cm³/mol. The number of nitrogens with one attached hydrogen (secondary N) is 1. The van der Waals surface area contributed by atoms with Gasteiger partial charge in [0.25, 0.3) is 0 Å². The summed E-state index contributed by atoms with van der Waals surface area (Å²) < 4.78 is 26.7. The Bertz CT molecular complexity index is 542. The van der Waals surface area contributed by atoms with Gasteiger partial charge in [-0.2, -0.15) is 0 Å². The molecule has 96 valence electrons. The van der Waals surface area contributed by atoms with E-state index in [0.717, 1.165) is 16.6 Å². The lowest BCUT2D eigenvalue weighted by Gasteiger charge is -2.15. The fraction of sp³-hybridized carbons (Fsp3) is 0.250. The molecular weight excluding hydrogens is 256 g/mol. The summed E-state index contributed by atoms with van der Waals surface area (Å²) in [6, 6.07) is 3.87. The number of hydrogen-bond donors (Lipinski definition) is 2. The van der Waals surface area contributed by atoms with Crippen molar-refractivity contribution in [2.75, 3.05) is 0 Å². The van der Waals surface area contributed by atoms with Crippen molar-refractivity contribution in [2.24, 2.45) is 5.84 Å². The molecule has 1 heterocycles. The molecule has 0 aliphatic rings. The molecule has 0 aliphatic carbocycles. The Hall–Kier alpha value is -1.37. The predicted octanol–water partition coefficient (Wildman–Crippen LogP) is 2.48. The second-order valence-electron chi connectivity index (χ2n) is 3.94. The minimum atomic E-state index is -0.843. The molecule has 0 amide bonds. The summed E-state index contributed by atoms with van der Waals surface area (Å²) in [7, 11) is 0. The Kier molecular flexibility index (Phi) is 4.00. The van der Waals surface area contributed by atoms with E-state index in [4.69, 9.17) is 5.84 Å². The van der Waals surface area contributed by atoms with Crippen LogP contribution in [0.3, 0.4) is 0 Å². The van der Waals surface area contributed by atoms with Gasteiger partial charge in [0, 0.05) is 4.88 Å². The van der Waals surface area contributed by atoms with Crippen molar-refractivity contribution in [3.8, 4) is 0 Å². The summed E-state index contributed by atoms with van der Waals surface area (Å²) in [5, 5.41) is 0. The first kappa shape index (κ1) is 13.1. The van der Waals surface area contributed by atoms with Gasteiger partial charge >= 0.3 is 0 Å². The van der Waals surface area contributed by atoms with Crippen LogP contribution in [0, 0.1) is 18.6 Å². The number of aryl methyl sites for hydroxylation is 1. The van der Waals surface area contributed by atoms with Crippen molar-refractivity contribution in [3.05, 3.63) is 51.5 Å². The number of rotatable bonds is 4. The fourth-order valence-corrected chi connectivity index (χ4v) is 2.66. The van der Waals surface area contributed by atoms with E-state index < -0.39 is 11.6 Å². The Labute approximate surface area is 108 Å². The van der Waals surface area contributed by atoms with Crippen LogP contribution in [0.4, 0.5) is 8.78 Å². The number of benzene rings is 1. The van der Waals surface area contributed by atoms with E-state index in [9.17, 15) is 8.78 Å². The highest BCUT2D eigenvalue weighted by Crippen LogP contribution is 2.25. The summed E-state index contributed by atoms with van der Waals surface area (Å²) >= 11 is 1.44. The monoisotopic (exact) mass is 269 g/mol. The van der Waals surface area contributed by atoms with E-state index in [0.29, 0.717) is 5.56 Å². The number of hydrogen-bond acceptors (Lipinski definition) is 4. The minimum Gasteiger partial charge on any atom is -0.271 e. The van der Waals surface area contributed by atoms with Gasteiger partial charge < -0.3 is 0 Å². The maximum absolute atomic E-state index is 13.6. The lowest BCUT2D eigenvalue weighted by molar-refractivity contribution is 0.482. The quantitative estimate of drug-likeness (QED) is 0.662. The smallest absolute Gasteiger partial charge is 0.162 e. The molecule has 3 N–H and O–H groups in total. The van der Waals surface area contributed by atoms with Crippen molar-refractivity contribution in [2.45, 2.75) is 19.4 Å². The van der Waals surface area contributed by atoms with Crippen LogP contribution in [0.1, 0.15) is 22.2 Å². The van der Waals surface area contributed by atoms with Crippen molar-refractivity contribution in [1.29, 1.82) is 0 Å². The number of aromatic nitrogens is 1. The van der Waals surface area contributed by atoms with Crippen LogP contribution in [0.15, 0.2) is 23.7 Å². The summed E-state index contributed by atoms with van der Waals surface area (Å²) in [4.78, 5) is 5.05. The lowest BCUT2D eigenvalue weighted by atomic mass is 10.0. The van der Waals surface area contributed by atoms with Gasteiger partial charge in [0.2, 0.25) is 0 Å². The van der Waals surface area contributed by atoms with Crippen molar-refractivity contribution in [3.63, 3.8) is 0 Å². The molecule has 1 atom stereocenters. The third kappa shape index (κ3) is 2.55. The van der Waals surface area contributed by atoms with Gasteiger partial charge in [0.05, 0.1) is 17.2 Å². The Balaban J connectivity index is 2.26. The van der Waals surface area contributed by atoms with Crippen LogP contribution < -0.4 is 11.3 Å². The number of thiazole rings is 1. The molecule has 2 rings (SSSR count). The van der Waals surface area contributed by atoms with Gasteiger partial charge in [-0.25, -0.2) is 13.8 Å². The van der Waals surface area contributed by atoms with E-state index in [-0.39, 0.29) is 12.5 Å². The van der Waals surface area contributed by atoms with Gasteiger partial charge in [0.1, 0.15) is 0 Å². The molecule has 2 aromatic rings. The number of halogens is 2. The summed E-state index contributed by atoms with van der Waals surface area (Å²) in [6.07, 6.45) is 0.281. The number of hydrazine groups is 1. The normalized spacial score (nSPS) is 12.7. The van der Waals surface area contributed by atoms with Crippen LogP contribution >= 0.6 is 11.3 Å². The maximum atomic E-state index is 13.6. The fourth-order valence-electron chi connectivity index (χ4n) is 1.80. The molecule has 1 aromatic carbocycles. The summed E-state index contributed by atoms with van der Waals surface area (Å²) in [6.45, 7) is 1.86. The van der Waals surface area contributed by atoms with Gasteiger partial charge in [0.15, 0.2) is 11.6 Å². The third-order valence-corrected chi connectivity index (χ3v) is 3.80. The average molecular weight is 269 g/mol. The highest BCUT2D eigenvalue weighted by molar-refractivity contribution is 7.09. The minimum absolute atomic E-state index is 0.270. The molecule has 0 bridgehead atoms. The van der Waals surface area contributed by atoms with Crippen LogP contribution in [0.5, 0.6) is 0 Å². The van der Waals surface area contributed by atoms with E-state index in [1.54, 1.807) is 11.6 Å². The van der Waals surface area contributed by atoms with Crippen molar-refractivity contribution >= 4 is 11.3 Å². The van der Waals surface area contributed by atoms with Crippen LogP contribution in [-0.2, 0) is 6.42 Å². The molecule has 6 heteroatoms. The molecule has 1 unspecified atom stereocenters. The zero-order valence-corrected chi connectivity index (χ0v) is 10.6. The second kappa shape index (κ2) is 5.51. The topological polar surface area (TPSA) is 50.9 Å². The largest absolute Gasteiger partial charge is 0.271 e. The Morgan fingerprint density at radius 1 is 1.44 bits per heavy atom. The average Bonchev–Trinajstić information content (AvgIpc) is 2.77. The molecule has 0 fully saturated rings. The first-order valence-electron chi connectivity index (χ1n) is 5.42. The molecule has 0 saturated carbocycles. The number of nitrogens with two attached hydrogens (primary N) is 1. The first-order valence-corrected chi connectivity index (χ1v) is 6.30. The SMILES string of the molecule is Cc1ncsc1C(Cc1cccc(F)c1F)NN. The van der Waals surface area contributed by atoms with Gasteiger partial charge in [-0.15, -0.1) is 11.3 Å². The molecule has 18 heavy (non-hydrogen) atoms. The van der Waals surface area contributed by atoms with Gasteiger partial charge in [-0.05, 0) is 25.0 Å². The summed E-state index contributed by atoms with van der Waals surface area (Å²) in [5.41, 5.74) is 5.47. The van der Waals surface area contributed by atoms with E-state index in [1.807, 2.05) is 6.92 Å². The number of nitrogens with zero attached hydrogens (tertiary/aromatic N) is 1. The second-order valence-corrected chi connectivity index (χ2v) is 4.82. The molecule has 0 spiro atoms. The molecule has 3 nitrogen and oxygen atoms in total. The lowest BCUT2D eigenvalue weighted by Crippen LogP contribution is -2.29. The Morgan fingerprint density at radius 2 is 2.22 bits per heavy atom. The van der Waals surface area contributed by atoms with Crippen LogP contribution in [-0.4, -0.2) is 4.98 Å². The zero-order chi connectivity index (χ0) is 13.1. The Morgan fingerprint density at radius 3 is 2.83 bits per heavy atom. The maximum Gasteiger partial charge on any atom is 0.162 e. The molecule has 1 aromatic heterocycles. The highest BCUT2D eigenvalue weighted by atomic mass is 32.1. The van der Waals surface area contributed by atoms with Crippen LogP contribution in [0.25, 0.3) is 0 Å². The first-order chi connectivity index (χ1) is 8.63. The molecule has 0 radical (unpaired) electrons. The van der Waals surface area contributed by atoms with E-state index in [2.05, 4.69) is 10.4 Å². The van der Waals surface area contributed by atoms with Gasteiger partial charge in [-0.3, -0.25) is 11.3 Å². The molecule has 0 saturated heterocycles. The summed E-state index contributed by atoms with van der Waals surface area (Å²) in [5.74, 6) is 3.82. The standard InChI is InChI=1S/C12H13F2N3S/c1-7-12(18-6-16-7)10(17-15)5-8-3-2-4-9(13)11(8)14/h2-4,6,10,17H,5,15H2,1H3. The molecular formula is C12H13F2N3S. The molecule has 0 aliphatic heterocycles. The van der Waals surface area contributed by atoms with E-state index >= 15 is 0 Å². The van der Waals surface area contributed by atoms with Gasteiger partial charge in [-0.1, -0.05) is 12.1 Å². The van der Waals surface area contributed by atoms with Crippen LogP contribution in [0.2, 0.25) is 0 Å². The third-order valence-electron chi connectivity index (χ3n) is 2.76. The zero-order valence-electron chi connectivity index (χ0n) is 9.78. The van der Waals surface area contributed by atoms with Crippen molar-refractivity contribution in [1.82, 2.24) is 10.4 Å². The van der Waals surface area contributed by atoms with Crippen molar-refractivity contribution < 1.29 is 8.78 Å². The highest BCUT2D eigenvalue weighted by Gasteiger charge is 2.18.